The summed E-state index contributed by atoms with van der Waals surface area (Å²) in [5.74, 6) is 0.972. The third-order valence-electron chi connectivity index (χ3n) is 2.69. The Bertz CT molecular complexity index is 515. The van der Waals surface area contributed by atoms with Crippen LogP contribution in [0, 0.1) is 0 Å². The van der Waals surface area contributed by atoms with E-state index in [0.29, 0.717) is 22.5 Å². The van der Waals surface area contributed by atoms with Gasteiger partial charge in [-0.25, -0.2) is 8.42 Å². The summed E-state index contributed by atoms with van der Waals surface area (Å²) < 4.78 is 28.4. The standard InChI is InChI=1S/C11H12BrClO3S/c12-6-9-10(13)2-1-3-11(9)16-8-4-5-17(14,15)7-8/h1-3,8H,4-7H2. The molecule has 3 nitrogen and oxygen atoms in total. The molecule has 0 radical (unpaired) electrons. The second-order valence-corrected chi connectivity index (χ2v) is 7.19. The van der Waals surface area contributed by atoms with Crippen LogP contribution < -0.4 is 4.74 Å². The lowest BCUT2D eigenvalue weighted by molar-refractivity contribution is 0.227. The van der Waals surface area contributed by atoms with Gasteiger partial charge < -0.3 is 4.74 Å². The van der Waals surface area contributed by atoms with E-state index in [9.17, 15) is 8.42 Å². The third-order valence-corrected chi connectivity index (χ3v) is 5.35. The highest BCUT2D eigenvalue weighted by atomic mass is 79.9. The van der Waals surface area contributed by atoms with Crippen molar-refractivity contribution in [3.8, 4) is 5.75 Å². The normalized spacial score (nSPS) is 22.6. The molecule has 6 heteroatoms. The molecule has 1 aromatic rings. The monoisotopic (exact) mass is 338 g/mol. The Kier molecular flexibility index (Phi) is 4.00. The number of benzene rings is 1. The van der Waals surface area contributed by atoms with Crippen LogP contribution in [0.25, 0.3) is 0 Å². The summed E-state index contributed by atoms with van der Waals surface area (Å²) in [5.41, 5.74) is 0.860. The van der Waals surface area contributed by atoms with E-state index in [1.54, 1.807) is 12.1 Å². The number of halogens is 2. The maximum Gasteiger partial charge on any atom is 0.154 e. The molecule has 17 heavy (non-hydrogen) atoms. The van der Waals surface area contributed by atoms with Crippen molar-refractivity contribution in [2.45, 2.75) is 17.9 Å². The molecular weight excluding hydrogens is 328 g/mol. The van der Waals surface area contributed by atoms with Crippen LogP contribution in [0.2, 0.25) is 5.02 Å². The van der Waals surface area contributed by atoms with Crippen molar-refractivity contribution in [3.05, 3.63) is 28.8 Å². The van der Waals surface area contributed by atoms with Gasteiger partial charge in [0.1, 0.15) is 11.9 Å². The number of sulfone groups is 1. The number of alkyl halides is 1. The molecule has 2 rings (SSSR count). The Balaban J connectivity index is 2.17. The fourth-order valence-corrected chi connectivity index (χ4v) is 4.37. The van der Waals surface area contributed by atoms with Crippen LogP contribution >= 0.6 is 27.5 Å². The summed E-state index contributed by atoms with van der Waals surface area (Å²) in [4.78, 5) is 0. The molecule has 0 N–H and O–H groups in total. The summed E-state index contributed by atoms with van der Waals surface area (Å²) in [7, 11) is -2.91. The van der Waals surface area contributed by atoms with E-state index in [1.165, 1.54) is 0 Å². The van der Waals surface area contributed by atoms with Gasteiger partial charge in [-0.1, -0.05) is 33.6 Å². The van der Waals surface area contributed by atoms with Crippen molar-refractivity contribution in [2.75, 3.05) is 11.5 Å². The minimum atomic E-state index is -2.91. The number of rotatable bonds is 3. The minimum absolute atomic E-state index is 0.0985. The van der Waals surface area contributed by atoms with Crippen LogP contribution in [-0.4, -0.2) is 26.0 Å². The molecule has 0 aromatic heterocycles. The van der Waals surface area contributed by atoms with Gasteiger partial charge in [-0.2, -0.15) is 0 Å². The lowest BCUT2D eigenvalue weighted by Crippen LogP contribution is -2.18. The van der Waals surface area contributed by atoms with Gasteiger partial charge >= 0.3 is 0 Å². The van der Waals surface area contributed by atoms with Gasteiger partial charge in [0.15, 0.2) is 9.84 Å². The van der Waals surface area contributed by atoms with E-state index in [4.69, 9.17) is 16.3 Å². The Morgan fingerprint density at radius 1 is 1.47 bits per heavy atom. The maximum atomic E-state index is 11.3. The summed E-state index contributed by atoms with van der Waals surface area (Å²) >= 11 is 9.39. The van der Waals surface area contributed by atoms with E-state index < -0.39 is 9.84 Å². The van der Waals surface area contributed by atoms with Crippen LogP contribution in [0.5, 0.6) is 5.75 Å². The van der Waals surface area contributed by atoms with E-state index in [0.717, 1.165) is 5.56 Å². The van der Waals surface area contributed by atoms with E-state index in [2.05, 4.69) is 15.9 Å². The summed E-state index contributed by atoms with van der Waals surface area (Å²) in [6.07, 6.45) is 0.299. The quantitative estimate of drug-likeness (QED) is 0.795. The molecule has 0 aliphatic carbocycles. The summed E-state index contributed by atoms with van der Waals surface area (Å²) in [6.45, 7) is 0. The average molecular weight is 340 g/mol. The molecule has 1 fully saturated rings. The van der Waals surface area contributed by atoms with Gasteiger partial charge in [0.2, 0.25) is 0 Å². The first-order chi connectivity index (χ1) is 8.02. The smallest absolute Gasteiger partial charge is 0.154 e. The van der Waals surface area contributed by atoms with Crippen LogP contribution in [-0.2, 0) is 15.2 Å². The second-order valence-electron chi connectivity index (χ2n) is 3.99. The Morgan fingerprint density at radius 2 is 2.24 bits per heavy atom. The predicted molar refractivity (Wildman–Crippen MR) is 71.8 cm³/mol. The first kappa shape index (κ1) is 13.2. The zero-order chi connectivity index (χ0) is 12.5. The molecule has 0 amide bonds. The van der Waals surface area contributed by atoms with Gasteiger partial charge in [-0.05, 0) is 18.6 Å². The number of hydrogen-bond acceptors (Lipinski definition) is 3. The highest BCUT2D eigenvalue weighted by Gasteiger charge is 2.29. The molecule has 1 heterocycles. The molecule has 1 aromatic carbocycles. The van der Waals surface area contributed by atoms with Crippen molar-refractivity contribution >= 4 is 37.4 Å². The van der Waals surface area contributed by atoms with E-state index >= 15 is 0 Å². The van der Waals surface area contributed by atoms with Crippen molar-refractivity contribution in [1.29, 1.82) is 0 Å². The minimum Gasteiger partial charge on any atom is -0.489 e. The number of ether oxygens (including phenoxy) is 1. The molecule has 1 saturated heterocycles. The Hall–Kier alpha value is -0.260. The topological polar surface area (TPSA) is 43.4 Å². The number of hydrogen-bond donors (Lipinski definition) is 0. The molecule has 1 unspecified atom stereocenters. The molecular formula is C11H12BrClO3S. The van der Waals surface area contributed by atoms with Gasteiger partial charge in [0.25, 0.3) is 0 Å². The van der Waals surface area contributed by atoms with Crippen LogP contribution in [0.3, 0.4) is 0 Å². The summed E-state index contributed by atoms with van der Waals surface area (Å²) in [5, 5.41) is 1.21. The fraction of sp³-hybridized carbons (Fsp3) is 0.455. The summed E-state index contributed by atoms with van der Waals surface area (Å²) in [6, 6.07) is 5.40. The second kappa shape index (κ2) is 5.16. The van der Waals surface area contributed by atoms with Gasteiger partial charge in [-0.15, -0.1) is 0 Å². The van der Waals surface area contributed by atoms with Gasteiger partial charge in [0, 0.05) is 15.9 Å². The van der Waals surface area contributed by atoms with E-state index in [1.807, 2.05) is 6.07 Å². The van der Waals surface area contributed by atoms with Crippen molar-refractivity contribution in [2.24, 2.45) is 0 Å². The van der Waals surface area contributed by atoms with Crippen molar-refractivity contribution in [1.82, 2.24) is 0 Å². The lowest BCUT2D eigenvalue weighted by Gasteiger charge is -2.15. The van der Waals surface area contributed by atoms with Crippen LogP contribution in [0.15, 0.2) is 18.2 Å². The molecule has 0 bridgehead atoms. The van der Waals surface area contributed by atoms with Gasteiger partial charge in [0.05, 0.1) is 11.5 Å². The highest BCUT2D eigenvalue weighted by Crippen LogP contribution is 2.30. The van der Waals surface area contributed by atoms with Crippen LogP contribution in [0.4, 0.5) is 0 Å². The molecule has 94 valence electrons. The van der Waals surface area contributed by atoms with Crippen molar-refractivity contribution in [3.63, 3.8) is 0 Å². The maximum absolute atomic E-state index is 11.3. The largest absolute Gasteiger partial charge is 0.489 e. The Morgan fingerprint density at radius 3 is 2.82 bits per heavy atom. The molecule has 0 saturated carbocycles. The molecule has 1 aliphatic heterocycles. The first-order valence-electron chi connectivity index (χ1n) is 5.22. The van der Waals surface area contributed by atoms with Crippen LogP contribution in [0.1, 0.15) is 12.0 Å². The first-order valence-corrected chi connectivity index (χ1v) is 8.54. The molecule has 1 aliphatic rings. The highest BCUT2D eigenvalue weighted by molar-refractivity contribution is 9.08. The zero-order valence-electron chi connectivity index (χ0n) is 9.03. The third kappa shape index (κ3) is 3.14. The lowest BCUT2D eigenvalue weighted by atomic mass is 10.2. The van der Waals surface area contributed by atoms with Crippen molar-refractivity contribution < 1.29 is 13.2 Å². The fourth-order valence-electron chi connectivity index (χ4n) is 1.81. The SMILES string of the molecule is O=S1(=O)CCC(Oc2cccc(Cl)c2CBr)C1. The van der Waals surface area contributed by atoms with Gasteiger partial charge in [-0.3, -0.25) is 0 Å². The molecule has 0 spiro atoms. The Labute approximate surface area is 114 Å². The molecule has 1 atom stereocenters. The average Bonchev–Trinajstić information content (AvgIpc) is 2.58. The predicted octanol–water partition coefficient (Wildman–Crippen LogP) is 2.80. The zero-order valence-corrected chi connectivity index (χ0v) is 12.2. The van der Waals surface area contributed by atoms with E-state index in [-0.39, 0.29) is 17.6 Å².